The second-order valence-corrected chi connectivity index (χ2v) is 5.83. The van der Waals surface area contributed by atoms with Crippen LogP contribution in [0.1, 0.15) is 24.1 Å². The number of hydrogen-bond acceptors (Lipinski definition) is 2. The fraction of sp³-hybridized carbons (Fsp3) is 0.294. The lowest BCUT2D eigenvalue weighted by Gasteiger charge is -2.33. The van der Waals surface area contributed by atoms with Gasteiger partial charge >= 0.3 is 0 Å². The molecule has 0 spiro atoms. The zero-order valence-electron chi connectivity index (χ0n) is 12.3. The van der Waals surface area contributed by atoms with Crippen molar-refractivity contribution in [2.75, 3.05) is 18.0 Å². The van der Waals surface area contributed by atoms with Crippen LogP contribution in [-0.2, 0) is 0 Å². The summed E-state index contributed by atoms with van der Waals surface area (Å²) in [5.41, 5.74) is 9.27. The lowest BCUT2D eigenvalue weighted by atomic mass is 10.0. The minimum absolute atomic E-state index is 0.0435. The van der Waals surface area contributed by atoms with E-state index in [1.165, 1.54) is 5.56 Å². The summed E-state index contributed by atoms with van der Waals surface area (Å²) in [5.74, 6) is 0. The standard InChI is InChI=1S/C17H20Cl2N2/c1-3-21(13-7-4-6-12(2)10-13)16(11-20)17-14(18)8-5-9-15(17)19/h4-10,16H,3,11,20H2,1-2H3. The predicted molar refractivity (Wildman–Crippen MR) is 92.5 cm³/mol. The SMILES string of the molecule is CCN(c1cccc(C)c1)C(CN)c1c(Cl)cccc1Cl. The summed E-state index contributed by atoms with van der Waals surface area (Å²) in [6.07, 6.45) is 0. The van der Waals surface area contributed by atoms with Crippen molar-refractivity contribution in [2.45, 2.75) is 19.9 Å². The number of aryl methyl sites for hydroxylation is 1. The molecule has 2 N–H and O–H groups in total. The highest BCUT2D eigenvalue weighted by Crippen LogP contribution is 2.35. The molecule has 1 atom stereocenters. The van der Waals surface area contributed by atoms with Gasteiger partial charge in [-0.2, -0.15) is 0 Å². The lowest BCUT2D eigenvalue weighted by Crippen LogP contribution is -2.34. The molecule has 0 radical (unpaired) electrons. The number of anilines is 1. The zero-order valence-corrected chi connectivity index (χ0v) is 13.8. The van der Waals surface area contributed by atoms with Gasteiger partial charge in [-0.3, -0.25) is 0 Å². The normalized spacial score (nSPS) is 12.2. The van der Waals surface area contributed by atoms with Crippen LogP contribution < -0.4 is 10.6 Å². The topological polar surface area (TPSA) is 29.3 Å². The Hall–Kier alpha value is -1.22. The molecule has 0 amide bonds. The van der Waals surface area contributed by atoms with E-state index in [-0.39, 0.29) is 6.04 Å². The van der Waals surface area contributed by atoms with Gasteiger partial charge in [0.2, 0.25) is 0 Å². The van der Waals surface area contributed by atoms with Crippen molar-refractivity contribution >= 4 is 28.9 Å². The molecular formula is C17H20Cl2N2. The van der Waals surface area contributed by atoms with E-state index in [1.807, 2.05) is 18.2 Å². The minimum Gasteiger partial charge on any atom is -0.363 e. The smallest absolute Gasteiger partial charge is 0.0693 e. The Bertz CT molecular complexity index is 593. The summed E-state index contributed by atoms with van der Waals surface area (Å²) in [5, 5.41) is 1.31. The molecule has 0 aliphatic heterocycles. The van der Waals surface area contributed by atoms with E-state index < -0.39 is 0 Å². The van der Waals surface area contributed by atoms with Crippen LogP contribution in [0, 0.1) is 6.92 Å². The van der Waals surface area contributed by atoms with Crippen LogP contribution in [0.15, 0.2) is 42.5 Å². The van der Waals surface area contributed by atoms with Gasteiger partial charge in [-0.1, -0.05) is 41.4 Å². The maximum atomic E-state index is 6.36. The van der Waals surface area contributed by atoms with E-state index in [0.29, 0.717) is 16.6 Å². The molecule has 2 aromatic carbocycles. The largest absolute Gasteiger partial charge is 0.363 e. The van der Waals surface area contributed by atoms with Crippen LogP contribution in [0.2, 0.25) is 10.0 Å². The number of rotatable bonds is 5. The molecule has 0 heterocycles. The predicted octanol–water partition coefficient (Wildman–Crippen LogP) is 4.83. The maximum absolute atomic E-state index is 6.36. The molecule has 21 heavy (non-hydrogen) atoms. The molecule has 0 bridgehead atoms. The highest BCUT2D eigenvalue weighted by atomic mass is 35.5. The number of halogens is 2. The minimum atomic E-state index is -0.0435. The third-order valence-electron chi connectivity index (χ3n) is 3.61. The van der Waals surface area contributed by atoms with Crippen molar-refractivity contribution < 1.29 is 0 Å². The van der Waals surface area contributed by atoms with Crippen LogP contribution in [0.3, 0.4) is 0 Å². The Labute approximate surface area is 136 Å². The first kappa shape index (κ1) is 16.2. The average Bonchev–Trinajstić information content (AvgIpc) is 2.46. The highest BCUT2D eigenvalue weighted by molar-refractivity contribution is 6.36. The number of hydrogen-bond donors (Lipinski definition) is 1. The van der Waals surface area contributed by atoms with Gasteiger partial charge in [0, 0.05) is 34.4 Å². The van der Waals surface area contributed by atoms with Gasteiger partial charge < -0.3 is 10.6 Å². The van der Waals surface area contributed by atoms with Crippen LogP contribution in [-0.4, -0.2) is 13.1 Å². The van der Waals surface area contributed by atoms with Gasteiger partial charge in [0.1, 0.15) is 0 Å². The summed E-state index contributed by atoms with van der Waals surface area (Å²) in [6.45, 7) is 5.46. The Morgan fingerprint density at radius 1 is 1.10 bits per heavy atom. The monoisotopic (exact) mass is 322 g/mol. The second-order valence-electron chi connectivity index (χ2n) is 5.01. The number of nitrogens with two attached hydrogens (primary N) is 1. The van der Waals surface area contributed by atoms with Crippen LogP contribution >= 0.6 is 23.2 Å². The molecule has 0 fully saturated rings. The molecule has 0 saturated heterocycles. The summed E-state index contributed by atoms with van der Waals surface area (Å²) in [7, 11) is 0. The first-order valence-corrected chi connectivity index (χ1v) is 7.81. The van der Waals surface area contributed by atoms with Crippen molar-refractivity contribution in [3.05, 3.63) is 63.6 Å². The van der Waals surface area contributed by atoms with E-state index in [1.54, 1.807) is 0 Å². The summed E-state index contributed by atoms with van der Waals surface area (Å²) in [6, 6.07) is 13.9. The lowest BCUT2D eigenvalue weighted by molar-refractivity contribution is 0.643. The average molecular weight is 323 g/mol. The van der Waals surface area contributed by atoms with E-state index in [9.17, 15) is 0 Å². The number of nitrogens with zero attached hydrogens (tertiary/aromatic N) is 1. The molecule has 2 rings (SSSR count). The maximum Gasteiger partial charge on any atom is 0.0693 e. The molecule has 4 heteroatoms. The van der Waals surface area contributed by atoms with Gasteiger partial charge in [0.25, 0.3) is 0 Å². The van der Waals surface area contributed by atoms with Crippen LogP contribution in [0.25, 0.3) is 0 Å². The van der Waals surface area contributed by atoms with E-state index in [2.05, 4.69) is 43.0 Å². The molecular weight excluding hydrogens is 303 g/mol. The van der Waals surface area contributed by atoms with Gasteiger partial charge in [-0.15, -0.1) is 0 Å². The summed E-state index contributed by atoms with van der Waals surface area (Å²) < 4.78 is 0. The fourth-order valence-electron chi connectivity index (χ4n) is 2.62. The second kappa shape index (κ2) is 7.17. The van der Waals surface area contributed by atoms with Crippen LogP contribution in [0.5, 0.6) is 0 Å². The molecule has 112 valence electrons. The van der Waals surface area contributed by atoms with Crippen molar-refractivity contribution in [3.63, 3.8) is 0 Å². The van der Waals surface area contributed by atoms with Crippen molar-refractivity contribution in [3.8, 4) is 0 Å². The molecule has 2 nitrogen and oxygen atoms in total. The summed E-state index contributed by atoms with van der Waals surface area (Å²) >= 11 is 12.7. The van der Waals surface area contributed by atoms with E-state index in [4.69, 9.17) is 28.9 Å². The molecule has 0 saturated carbocycles. The third kappa shape index (κ3) is 3.52. The van der Waals surface area contributed by atoms with Gasteiger partial charge in [-0.05, 0) is 43.7 Å². The summed E-state index contributed by atoms with van der Waals surface area (Å²) in [4.78, 5) is 2.24. The Balaban J connectivity index is 2.48. The van der Waals surface area contributed by atoms with Gasteiger partial charge in [0.15, 0.2) is 0 Å². The van der Waals surface area contributed by atoms with Gasteiger partial charge in [-0.25, -0.2) is 0 Å². The van der Waals surface area contributed by atoms with E-state index in [0.717, 1.165) is 17.8 Å². The molecule has 1 unspecified atom stereocenters. The van der Waals surface area contributed by atoms with Crippen molar-refractivity contribution in [2.24, 2.45) is 5.73 Å². The Kier molecular flexibility index (Phi) is 5.51. The van der Waals surface area contributed by atoms with Crippen molar-refractivity contribution in [1.29, 1.82) is 0 Å². The molecule has 0 aromatic heterocycles. The Morgan fingerprint density at radius 2 is 1.71 bits per heavy atom. The number of likely N-dealkylation sites (N-methyl/N-ethyl adjacent to an activating group) is 1. The third-order valence-corrected chi connectivity index (χ3v) is 4.27. The fourth-order valence-corrected chi connectivity index (χ4v) is 3.27. The molecule has 2 aromatic rings. The molecule has 0 aliphatic carbocycles. The van der Waals surface area contributed by atoms with Crippen LogP contribution in [0.4, 0.5) is 5.69 Å². The zero-order chi connectivity index (χ0) is 15.4. The van der Waals surface area contributed by atoms with Gasteiger partial charge in [0.05, 0.1) is 6.04 Å². The highest BCUT2D eigenvalue weighted by Gasteiger charge is 2.23. The first-order chi connectivity index (χ1) is 10.1. The van der Waals surface area contributed by atoms with E-state index >= 15 is 0 Å². The Morgan fingerprint density at radius 3 is 2.24 bits per heavy atom. The molecule has 0 aliphatic rings. The van der Waals surface area contributed by atoms with Crippen molar-refractivity contribution in [1.82, 2.24) is 0 Å². The quantitative estimate of drug-likeness (QED) is 0.854. The first-order valence-electron chi connectivity index (χ1n) is 7.05. The number of benzene rings is 2.